The third kappa shape index (κ3) is 4.83. The van der Waals surface area contributed by atoms with E-state index in [9.17, 15) is 0 Å². The van der Waals surface area contributed by atoms with E-state index in [1.807, 2.05) is 48.5 Å². The summed E-state index contributed by atoms with van der Waals surface area (Å²) >= 11 is 0. The molecule has 0 N–H and O–H groups in total. The SMILES string of the molecule is c1ccc(-c2cc(-c3ccc(-c4cccc5oc6c7ccccc7c(-c7cccc8c7oc7ccccc78)cc6c45)cc3)cc(-c3ccccn3)n2)nc1. The van der Waals surface area contributed by atoms with Crippen molar-refractivity contribution in [3.63, 3.8) is 0 Å². The number of hydrogen-bond donors (Lipinski definition) is 0. The van der Waals surface area contributed by atoms with Gasteiger partial charge in [0.05, 0.1) is 22.8 Å². The largest absolute Gasteiger partial charge is 0.455 e. The van der Waals surface area contributed by atoms with Crippen LogP contribution in [0.15, 0.2) is 185 Å². The van der Waals surface area contributed by atoms with Gasteiger partial charge in [0, 0.05) is 44.9 Å². The van der Waals surface area contributed by atoms with Crippen LogP contribution in [0.1, 0.15) is 0 Å². The molecule has 252 valence electrons. The van der Waals surface area contributed by atoms with Gasteiger partial charge in [-0.25, -0.2) is 4.98 Å². The summed E-state index contributed by atoms with van der Waals surface area (Å²) in [6.45, 7) is 0. The molecular weight excluding hydrogens is 663 g/mol. The van der Waals surface area contributed by atoms with E-state index in [4.69, 9.17) is 13.8 Å². The number of nitrogens with zero attached hydrogens (tertiary/aromatic N) is 3. The maximum Gasteiger partial charge on any atom is 0.143 e. The summed E-state index contributed by atoms with van der Waals surface area (Å²) in [6, 6.07) is 56.5. The van der Waals surface area contributed by atoms with Gasteiger partial charge in [0.1, 0.15) is 22.3 Å². The Labute approximate surface area is 309 Å². The zero-order chi connectivity index (χ0) is 35.6. The molecule has 0 unspecified atom stereocenters. The van der Waals surface area contributed by atoms with E-state index in [1.54, 1.807) is 12.4 Å². The first-order valence-corrected chi connectivity index (χ1v) is 18.0. The van der Waals surface area contributed by atoms with E-state index in [2.05, 4.69) is 125 Å². The number of benzene rings is 6. The highest BCUT2D eigenvalue weighted by molar-refractivity contribution is 6.23. The second-order valence-electron chi connectivity index (χ2n) is 13.5. The number of pyridine rings is 3. The van der Waals surface area contributed by atoms with Crippen molar-refractivity contribution in [3.8, 4) is 56.2 Å². The van der Waals surface area contributed by atoms with E-state index in [-0.39, 0.29) is 0 Å². The lowest BCUT2D eigenvalue weighted by Crippen LogP contribution is -1.94. The van der Waals surface area contributed by atoms with E-state index in [1.165, 1.54) is 0 Å². The third-order valence-electron chi connectivity index (χ3n) is 10.4. The molecule has 5 aromatic heterocycles. The van der Waals surface area contributed by atoms with Crippen LogP contribution in [0.4, 0.5) is 0 Å². The van der Waals surface area contributed by atoms with Crippen molar-refractivity contribution >= 4 is 54.6 Å². The molecule has 5 heterocycles. The molecule has 0 saturated heterocycles. The molecule has 0 saturated carbocycles. The molecule has 0 aliphatic carbocycles. The minimum Gasteiger partial charge on any atom is -0.455 e. The second kappa shape index (κ2) is 12.1. The minimum atomic E-state index is 0.800. The number of aromatic nitrogens is 3. The Bertz CT molecular complexity index is 3140. The van der Waals surface area contributed by atoms with Gasteiger partial charge in [-0.3, -0.25) is 9.97 Å². The smallest absolute Gasteiger partial charge is 0.143 e. The number of furan rings is 2. The lowest BCUT2D eigenvalue weighted by molar-refractivity contribution is 0.670. The molecule has 0 aliphatic heterocycles. The van der Waals surface area contributed by atoms with Crippen LogP contribution in [0.2, 0.25) is 0 Å². The Morgan fingerprint density at radius 2 is 0.907 bits per heavy atom. The van der Waals surface area contributed by atoms with Crippen molar-refractivity contribution in [2.75, 3.05) is 0 Å². The van der Waals surface area contributed by atoms with Crippen molar-refractivity contribution in [2.24, 2.45) is 0 Å². The normalized spacial score (nSPS) is 11.7. The topological polar surface area (TPSA) is 65.0 Å². The monoisotopic (exact) mass is 691 g/mol. The first-order chi connectivity index (χ1) is 26.8. The van der Waals surface area contributed by atoms with Gasteiger partial charge < -0.3 is 8.83 Å². The highest BCUT2D eigenvalue weighted by Crippen LogP contribution is 2.45. The van der Waals surface area contributed by atoms with Gasteiger partial charge in [-0.2, -0.15) is 0 Å². The maximum absolute atomic E-state index is 6.72. The first-order valence-electron chi connectivity index (χ1n) is 18.0. The predicted octanol–water partition coefficient (Wildman–Crippen LogP) is 13.2. The Kier molecular flexibility index (Phi) is 6.79. The molecule has 0 fully saturated rings. The average molecular weight is 692 g/mol. The highest BCUT2D eigenvalue weighted by atomic mass is 16.3. The molecule has 6 aromatic carbocycles. The molecular formula is C49H29N3O2. The van der Waals surface area contributed by atoms with Crippen LogP contribution in [0.5, 0.6) is 0 Å². The van der Waals surface area contributed by atoms with Gasteiger partial charge in [-0.05, 0) is 87.8 Å². The summed E-state index contributed by atoms with van der Waals surface area (Å²) in [5.74, 6) is 0. The molecule has 11 aromatic rings. The van der Waals surface area contributed by atoms with Gasteiger partial charge in [0.25, 0.3) is 0 Å². The molecule has 0 aliphatic rings. The van der Waals surface area contributed by atoms with E-state index in [0.29, 0.717) is 0 Å². The summed E-state index contributed by atoms with van der Waals surface area (Å²) < 4.78 is 13.3. The molecule has 5 heteroatoms. The third-order valence-corrected chi connectivity index (χ3v) is 10.4. The minimum absolute atomic E-state index is 0.800. The average Bonchev–Trinajstić information content (AvgIpc) is 3.83. The molecule has 5 nitrogen and oxygen atoms in total. The van der Waals surface area contributed by atoms with Crippen LogP contribution in [-0.4, -0.2) is 15.0 Å². The fourth-order valence-corrected chi connectivity index (χ4v) is 7.90. The van der Waals surface area contributed by atoms with Crippen LogP contribution in [0, 0.1) is 0 Å². The van der Waals surface area contributed by atoms with Crippen molar-refractivity contribution in [1.82, 2.24) is 15.0 Å². The molecule has 0 amide bonds. The lowest BCUT2D eigenvalue weighted by Gasteiger charge is -2.11. The van der Waals surface area contributed by atoms with Crippen LogP contribution in [0.25, 0.3) is 111 Å². The quantitative estimate of drug-likeness (QED) is 0.180. The standard InChI is InChI=1S/C49H29N3O2/c1-2-13-36-34(11-1)39(38-16-9-15-37-35-12-3-4-19-45(35)53-48(37)38)29-40-47-33(14-10-20-46(47)54-49(36)40)31-23-21-30(22-24-31)32-27-43(41-17-5-7-25-50-41)52-44(28-32)42-18-6-8-26-51-42/h1-29H. The fraction of sp³-hybridized carbons (Fsp3) is 0. The summed E-state index contributed by atoms with van der Waals surface area (Å²) in [4.78, 5) is 14.1. The molecule has 54 heavy (non-hydrogen) atoms. The van der Waals surface area contributed by atoms with Crippen molar-refractivity contribution < 1.29 is 8.83 Å². The van der Waals surface area contributed by atoms with Crippen LogP contribution >= 0.6 is 0 Å². The molecule has 11 rings (SSSR count). The highest BCUT2D eigenvalue weighted by Gasteiger charge is 2.20. The Balaban J connectivity index is 1.08. The summed E-state index contributed by atoms with van der Waals surface area (Å²) in [7, 11) is 0. The Morgan fingerprint density at radius 1 is 0.333 bits per heavy atom. The van der Waals surface area contributed by atoms with Gasteiger partial charge in [-0.1, -0.05) is 109 Å². The molecule has 0 spiro atoms. The van der Waals surface area contributed by atoms with Gasteiger partial charge in [0.15, 0.2) is 0 Å². The summed E-state index contributed by atoms with van der Waals surface area (Å²) in [6.07, 6.45) is 3.59. The predicted molar refractivity (Wildman–Crippen MR) is 219 cm³/mol. The maximum atomic E-state index is 6.72. The number of rotatable bonds is 5. The van der Waals surface area contributed by atoms with Crippen molar-refractivity contribution in [2.45, 2.75) is 0 Å². The van der Waals surface area contributed by atoms with Gasteiger partial charge >= 0.3 is 0 Å². The zero-order valence-corrected chi connectivity index (χ0v) is 28.9. The Hall–Kier alpha value is -7.37. The molecule has 0 bridgehead atoms. The Morgan fingerprint density at radius 3 is 1.65 bits per heavy atom. The van der Waals surface area contributed by atoms with Crippen molar-refractivity contribution in [1.29, 1.82) is 0 Å². The summed E-state index contributed by atoms with van der Waals surface area (Å²) in [5, 5.41) is 6.57. The second-order valence-corrected chi connectivity index (χ2v) is 13.5. The van der Waals surface area contributed by atoms with E-state index < -0.39 is 0 Å². The zero-order valence-electron chi connectivity index (χ0n) is 28.9. The lowest BCUT2D eigenvalue weighted by atomic mass is 9.92. The fourth-order valence-electron chi connectivity index (χ4n) is 7.90. The van der Waals surface area contributed by atoms with Crippen molar-refractivity contribution in [3.05, 3.63) is 176 Å². The van der Waals surface area contributed by atoms with Crippen LogP contribution in [0.3, 0.4) is 0 Å². The molecule has 0 atom stereocenters. The number of para-hydroxylation sites is 2. The van der Waals surface area contributed by atoms with Crippen LogP contribution < -0.4 is 0 Å². The van der Waals surface area contributed by atoms with Gasteiger partial charge in [0.2, 0.25) is 0 Å². The van der Waals surface area contributed by atoms with E-state index in [0.717, 1.165) is 111 Å². The number of hydrogen-bond acceptors (Lipinski definition) is 5. The van der Waals surface area contributed by atoms with Gasteiger partial charge in [-0.15, -0.1) is 0 Å². The first kappa shape index (κ1) is 30.3. The summed E-state index contributed by atoms with van der Waals surface area (Å²) in [5.41, 5.74) is 13.2. The number of fused-ring (bicyclic) bond motifs is 8. The van der Waals surface area contributed by atoms with Crippen LogP contribution in [-0.2, 0) is 0 Å². The van der Waals surface area contributed by atoms with E-state index >= 15 is 0 Å². The molecule has 0 radical (unpaired) electrons.